The smallest absolute Gasteiger partial charge is 0.275 e. The number of nitrogens with one attached hydrogen (secondary N) is 1. The minimum atomic E-state index is -0.134. The number of aromatic amines is 1. The molecule has 0 aromatic carbocycles. The van der Waals surface area contributed by atoms with Gasteiger partial charge in [0.1, 0.15) is 5.52 Å². The molecule has 0 fully saturated rings. The molecule has 2 heterocycles. The van der Waals surface area contributed by atoms with Crippen LogP contribution in [0, 0.1) is 6.92 Å². The van der Waals surface area contributed by atoms with Crippen molar-refractivity contribution in [3.05, 3.63) is 32.9 Å². The highest BCUT2D eigenvalue weighted by Crippen LogP contribution is 2.17. The third-order valence-corrected chi connectivity index (χ3v) is 2.61. The molecule has 4 nitrogen and oxygen atoms in total. The lowest BCUT2D eigenvalue weighted by molar-refractivity contribution is 0.914. The molecule has 0 atom stereocenters. The van der Waals surface area contributed by atoms with Gasteiger partial charge in [-0.25, -0.2) is 4.52 Å². The number of rotatable bonds is 0. The molecule has 0 amide bonds. The van der Waals surface area contributed by atoms with Crippen molar-refractivity contribution in [3.8, 4) is 0 Å². The normalized spacial score (nSPS) is 10.8. The summed E-state index contributed by atoms with van der Waals surface area (Å²) >= 11 is 3.30. The van der Waals surface area contributed by atoms with Crippen molar-refractivity contribution in [2.45, 2.75) is 6.92 Å². The maximum absolute atomic E-state index is 11.3. The molecule has 1 N–H and O–H groups in total. The van der Waals surface area contributed by atoms with E-state index >= 15 is 0 Å². The zero-order valence-corrected chi connectivity index (χ0v) is 7.92. The molecule has 0 saturated heterocycles. The van der Waals surface area contributed by atoms with Gasteiger partial charge in [0.05, 0.1) is 10.2 Å². The first-order valence-electron chi connectivity index (χ1n) is 3.42. The van der Waals surface area contributed by atoms with E-state index in [1.165, 1.54) is 0 Å². The van der Waals surface area contributed by atoms with E-state index in [1.807, 2.05) is 6.92 Å². The topological polar surface area (TPSA) is 50.2 Å². The van der Waals surface area contributed by atoms with Gasteiger partial charge in [-0.1, -0.05) is 0 Å². The van der Waals surface area contributed by atoms with E-state index in [4.69, 9.17) is 0 Å². The summed E-state index contributed by atoms with van der Waals surface area (Å²) in [6.07, 6.45) is 3.27. The largest absolute Gasteiger partial charge is 0.326 e. The van der Waals surface area contributed by atoms with Crippen LogP contribution in [-0.4, -0.2) is 14.6 Å². The molecule has 0 aliphatic rings. The molecular formula is C7H6BrN3O. The van der Waals surface area contributed by atoms with Crippen molar-refractivity contribution in [1.29, 1.82) is 0 Å². The Balaban J connectivity index is 3.07. The third kappa shape index (κ3) is 0.896. The monoisotopic (exact) mass is 227 g/mol. The van der Waals surface area contributed by atoms with E-state index in [-0.39, 0.29) is 5.56 Å². The van der Waals surface area contributed by atoms with Gasteiger partial charge in [0.15, 0.2) is 0 Å². The van der Waals surface area contributed by atoms with Gasteiger partial charge in [-0.2, -0.15) is 5.10 Å². The summed E-state index contributed by atoms with van der Waals surface area (Å²) in [5.41, 5.74) is 1.23. The molecule has 2 aromatic rings. The summed E-state index contributed by atoms with van der Waals surface area (Å²) in [5, 5.41) is 4.12. The van der Waals surface area contributed by atoms with Crippen LogP contribution < -0.4 is 5.56 Å². The predicted molar refractivity (Wildman–Crippen MR) is 48.2 cm³/mol. The Morgan fingerprint density at radius 2 is 2.42 bits per heavy atom. The van der Waals surface area contributed by atoms with Crippen LogP contribution in [0.1, 0.15) is 5.69 Å². The number of fused-ring (bicyclic) bond motifs is 1. The molecular weight excluding hydrogens is 222 g/mol. The predicted octanol–water partition coefficient (Wildman–Crippen LogP) is 1.09. The van der Waals surface area contributed by atoms with Gasteiger partial charge < -0.3 is 4.98 Å². The first-order valence-corrected chi connectivity index (χ1v) is 4.21. The van der Waals surface area contributed by atoms with Crippen molar-refractivity contribution < 1.29 is 0 Å². The average molecular weight is 228 g/mol. The van der Waals surface area contributed by atoms with Crippen LogP contribution in [0.2, 0.25) is 0 Å². The summed E-state index contributed by atoms with van der Waals surface area (Å²) in [6, 6.07) is 0. The molecule has 0 spiro atoms. The second kappa shape index (κ2) is 2.45. The summed E-state index contributed by atoms with van der Waals surface area (Å²) < 4.78 is 2.31. The average Bonchev–Trinajstić information content (AvgIpc) is 2.29. The lowest BCUT2D eigenvalue weighted by Crippen LogP contribution is -2.08. The highest BCUT2D eigenvalue weighted by Gasteiger charge is 2.08. The quantitative estimate of drug-likeness (QED) is 0.733. The fourth-order valence-electron chi connectivity index (χ4n) is 1.09. The van der Waals surface area contributed by atoms with Gasteiger partial charge in [-0.15, -0.1) is 0 Å². The van der Waals surface area contributed by atoms with Crippen LogP contribution in [0.5, 0.6) is 0 Å². The maximum atomic E-state index is 11.3. The number of nitrogens with zero attached hydrogens (tertiary/aromatic N) is 2. The standard InChI is InChI=1S/C7H6BrN3O/c1-4-5(8)6-7(12)9-2-3-11(6)10-4/h2-3H,1H3,(H,9,12). The van der Waals surface area contributed by atoms with E-state index in [1.54, 1.807) is 16.9 Å². The van der Waals surface area contributed by atoms with Crippen LogP contribution in [0.3, 0.4) is 0 Å². The van der Waals surface area contributed by atoms with Crippen LogP contribution in [0.4, 0.5) is 0 Å². The molecule has 2 rings (SSSR count). The Kier molecular flexibility index (Phi) is 1.54. The molecule has 0 aliphatic carbocycles. The number of hydrogen-bond donors (Lipinski definition) is 1. The Bertz CT molecular complexity index is 485. The maximum Gasteiger partial charge on any atom is 0.275 e. The van der Waals surface area contributed by atoms with E-state index in [9.17, 15) is 4.79 Å². The molecule has 62 valence electrons. The van der Waals surface area contributed by atoms with Gasteiger partial charge in [0.25, 0.3) is 5.56 Å². The van der Waals surface area contributed by atoms with Crippen LogP contribution in [0.15, 0.2) is 21.7 Å². The third-order valence-electron chi connectivity index (χ3n) is 1.66. The van der Waals surface area contributed by atoms with Gasteiger partial charge in [-0.3, -0.25) is 4.79 Å². The van der Waals surface area contributed by atoms with Crippen molar-refractivity contribution in [2.24, 2.45) is 0 Å². The summed E-state index contributed by atoms with van der Waals surface area (Å²) in [4.78, 5) is 13.8. The zero-order valence-electron chi connectivity index (χ0n) is 6.34. The fourth-order valence-corrected chi connectivity index (χ4v) is 1.53. The zero-order chi connectivity index (χ0) is 8.72. The molecule has 0 radical (unpaired) electrons. The Morgan fingerprint density at radius 1 is 1.67 bits per heavy atom. The molecule has 12 heavy (non-hydrogen) atoms. The van der Waals surface area contributed by atoms with Crippen LogP contribution in [-0.2, 0) is 0 Å². The van der Waals surface area contributed by atoms with E-state index in [0.29, 0.717) is 5.52 Å². The molecule has 0 bridgehead atoms. The first kappa shape index (κ1) is 7.54. The van der Waals surface area contributed by atoms with Gasteiger partial charge in [0.2, 0.25) is 0 Å². The van der Waals surface area contributed by atoms with Crippen molar-refractivity contribution in [3.63, 3.8) is 0 Å². The SMILES string of the molecule is Cc1nn2cc[nH]c(=O)c2c1Br. The minimum absolute atomic E-state index is 0.134. The summed E-state index contributed by atoms with van der Waals surface area (Å²) in [5.74, 6) is 0. The number of H-pyrrole nitrogens is 1. The van der Waals surface area contributed by atoms with Crippen molar-refractivity contribution in [1.82, 2.24) is 14.6 Å². The lowest BCUT2D eigenvalue weighted by Gasteiger charge is -1.88. The molecule has 2 aromatic heterocycles. The van der Waals surface area contributed by atoms with Crippen molar-refractivity contribution in [2.75, 3.05) is 0 Å². The Hall–Kier alpha value is -1.10. The van der Waals surface area contributed by atoms with Gasteiger partial charge in [0, 0.05) is 12.4 Å². The number of aryl methyl sites for hydroxylation is 1. The highest BCUT2D eigenvalue weighted by molar-refractivity contribution is 9.10. The fraction of sp³-hybridized carbons (Fsp3) is 0.143. The van der Waals surface area contributed by atoms with E-state index in [0.717, 1.165) is 10.2 Å². The van der Waals surface area contributed by atoms with Crippen molar-refractivity contribution >= 4 is 21.4 Å². The van der Waals surface area contributed by atoms with Crippen LogP contribution >= 0.6 is 15.9 Å². The second-order valence-corrected chi connectivity index (χ2v) is 3.27. The van der Waals surface area contributed by atoms with E-state index < -0.39 is 0 Å². The van der Waals surface area contributed by atoms with Gasteiger partial charge in [-0.05, 0) is 22.9 Å². The first-order chi connectivity index (χ1) is 5.70. The number of aromatic nitrogens is 3. The molecule has 0 saturated carbocycles. The summed E-state index contributed by atoms with van der Waals surface area (Å²) in [7, 11) is 0. The molecule has 5 heteroatoms. The van der Waals surface area contributed by atoms with Gasteiger partial charge >= 0.3 is 0 Å². The molecule has 0 unspecified atom stereocenters. The molecule has 0 aliphatic heterocycles. The Labute approximate surface area is 76.4 Å². The number of hydrogen-bond acceptors (Lipinski definition) is 2. The highest BCUT2D eigenvalue weighted by atomic mass is 79.9. The second-order valence-electron chi connectivity index (χ2n) is 2.48. The lowest BCUT2D eigenvalue weighted by atomic mass is 10.4. The van der Waals surface area contributed by atoms with Crippen LogP contribution in [0.25, 0.3) is 5.52 Å². The Morgan fingerprint density at radius 3 is 3.08 bits per heavy atom. The van der Waals surface area contributed by atoms with E-state index in [2.05, 4.69) is 26.0 Å². The summed E-state index contributed by atoms with van der Waals surface area (Å²) in [6.45, 7) is 1.84. The number of halogens is 1. The minimum Gasteiger partial charge on any atom is -0.326 e.